The van der Waals surface area contributed by atoms with E-state index in [-0.39, 0.29) is 0 Å². The summed E-state index contributed by atoms with van der Waals surface area (Å²) in [5.74, 6) is 0.925. The standard InChI is InChI=1S/C15H31N3/c1-5-17-10-11-18(15(2,3)13-17)12-14-6-8-16(4)9-7-14/h14H,5-13H2,1-4H3. The Morgan fingerprint density at radius 3 is 2.28 bits per heavy atom. The van der Waals surface area contributed by atoms with Crippen molar-refractivity contribution in [3.8, 4) is 0 Å². The third-order valence-electron chi connectivity index (χ3n) is 4.92. The molecule has 2 rings (SSSR count). The van der Waals surface area contributed by atoms with Gasteiger partial charge in [0.05, 0.1) is 0 Å². The lowest BCUT2D eigenvalue weighted by Crippen LogP contribution is -2.60. The molecule has 0 atom stereocenters. The van der Waals surface area contributed by atoms with E-state index < -0.39 is 0 Å². The summed E-state index contributed by atoms with van der Waals surface area (Å²) in [7, 11) is 2.25. The molecule has 2 saturated heterocycles. The van der Waals surface area contributed by atoms with Crippen LogP contribution >= 0.6 is 0 Å². The summed E-state index contributed by atoms with van der Waals surface area (Å²) < 4.78 is 0. The smallest absolute Gasteiger partial charge is 0.0280 e. The summed E-state index contributed by atoms with van der Waals surface area (Å²) >= 11 is 0. The van der Waals surface area contributed by atoms with Gasteiger partial charge in [0.1, 0.15) is 0 Å². The fourth-order valence-corrected chi connectivity index (χ4v) is 3.46. The molecule has 2 aliphatic rings. The van der Waals surface area contributed by atoms with E-state index in [2.05, 4.69) is 42.5 Å². The van der Waals surface area contributed by atoms with E-state index in [0.717, 1.165) is 5.92 Å². The summed E-state index contributed by atoms with van der Waals surface area (Å²) in [5.41, 5.74) is 0.359. The highest BCUT2D eigenvalue weighted by Crippen LogP contribution is 2.25. The molecule has 0 amide bonds. The molecule has 2 heterocycles. The molecule has 0 N–H and O–H groups in total. The number of rotatable bonds is 3. The topological polar surface area (TPSA) is 9.72 Å². The quantitative estimate of drug-likeness (QED) is 0.759. The molecule has 0 spiro atoms. The zero-order valence-corrected chi connectivity index (χ0v) is 12.8. The van der Waals surface area contributed by atoms with Crippen LogP contribution in [0.1, 0.15) is 33.6 Å². The monoisotopic (exact) mass is 253 g/mol. The van der Waals surface area contributed by atoms with Crippen molar-refractivity contribution in [3.05, 3.63) is 0 Å². The van der Waals surface area contributed by atoms with E-state index in [9.17, 15) is 0 Å². The fourth-order valence-electron chi connectivity index (χ4n) is 3.46. The van der Waals surface area contributed by atoms with Crippen LogP contribution in [0.2, 0.25) is 0 Å². The van der Waals surface area contributed by atoms with E-state index in [1.54, 1.807) is 0 Å². The lowest BCUT2D eigenvalue weighted by molar-refractivity contribution is 0.00474. The second-order valence-corrected chi connectivity index (χ2v) is 6.87. The van der Waals surface area contributed by atoms with Gasteiger partial charge in [-0.3, -0.25) is 4.90 Å². The molecule has 3 nitrogen and oxygen atoms in total. The Kier molecular flexibility index (Phi) is 4.68. The van der Waals surface area contributed by atoms with Crippen LogP contribution in [0.25, 0.3) is 0 Å². The van der Waals surface area contributed by atoms with Crippen LogP contribution in [0.4, 0.5) is 0 Å². The molecule has 106 valence electrons. The molecule has 0 aromatic rings. The summed E-state index contributed by atoms with van der Waals surface area (Å²) in [6.07, 6.45) is 2.78. The molecule has 0 aromatic heterocycles. The normalized spacial score (nSPS) is 28.7. The molecule has 0 bridgehead atoms. The van der Waals surface area contributed by atoms with Gasteiger partial charge in [0.25, 0.3) is 0 Å². The Balaban J connectivity index is 1.85. The van der Waals surface area contributed by atoms with Crippen LogP contribution in [-0.2, 0) is 0 Å². The third-order valence-corrected chi connectivity index (χ3v) is 4.92. The van der Waals surface area contributed by atoms with Crippen LogP contribution in [0.3, 0.4) is 0 Å². The maximum atomic E-state index is 2.75. The highest BCUT2D eigenvalue weighted by atomic mass is 15.3. The van der Waals surface area contributed by atoms with Gasteiger partial charge >= 0.3 is 0 Å². The first-order valence-corrected chi connectivity index (χ1v) is 7.67. The molecular weight excluding hydrogens is 222 g/mol. The van der Waals surface area contributed by atoms with E-state index in [1.807, 2.05) is 0 Å². The Morgan fingerprint density at radius 2 is 1.72 bits per heavy atom. The molecule has 0 aliphatic carbocycles. The SMILES string of the molecule is CCN1CCN(CC2CCN(C)CC2)C(C)(C)C1. The first kappa shape index (κ1) is 14.3. The minimum atomic E-state index is 0.359. The van der Waals surface area contributed by atoms with Crippen molar-refractivity contribution >= 4 is 0 Å². The Bertz CT molecular complexity index is 256. The molecule has 0 aromatic carbocycles. The first-order chi connectivity index (χ1) is 8.51. The van der Waals surface area contributed by atoms with Crippen LogP contribution in [0.5, 0.6) is 0 Å². The van der Waals surface area contributed by atoms with E-state index >= 15 is 0 Å². The molecule has 3 heteroatoms. The fraction of sp³-hybridized carbons (Fsp3) is 1.00. The zero-order valence-electron chi connectivity index (χ0n) is 12.8. The predicted molar refractivity (Wildman–Crippen MR) is 78.0 cm³/mol. The van der Waals surface area contributed by atoms with Crippen molar-refractivity contribution in [2.24, 2.45) is 5.92 Å². The molecule has 0 radical (unpaired) electrons. The minimum Gasteiger partial charge on any atom is -0.306 e. The van der Waals surface area contributed by atoms with Gasteiger partial charge < -0.3 is 9.80 Å². The molecule has 18 heavy (non-hydrogen) atoms. The van der Waals surface area contributed by atoms with Crippen molar-refractivity contribution in [1.29, 1.82) is 0 Å². The van der Waals surface area contributed by atoms with Crippen molar-refractivity contribution in [3.63, 3.8) is 0 Å². The largest absolute Gasteiger partial charge is 0.306 e. The lowest BCUT2D eigenvalue weighted by Gasteiger charge is -2.48. The number of likely N-dealkylation sites (N-methyl/N-ethyl adjacent to an activating group) is 1. The zero-order chi connectivity index (χ0) is 13.2. The lowest BCUT2D eigenvalue weighted by atomic mass is 9.92. The van der Waals surface area contributed by atoms with Gasteiger partial charge in [-0.1, -0.05) is 6.92 Å². The number of hydrogen-bond acceptors (Lipinski definition) is 3. The maximum Gasteiger partial charge on any atom is 0.0280 e. The second kappa shape index (κ2) is 5.89. The van der Waals surface area contributed by atoms with Gasteiger partial charge in [0, 0.05) is 31.7 Å². The first-order valence-electron chi connectivity index (χ1n) is 7.67. The van der Waals surface area contributed by atoms with Gasteiger partial charge in [-0.2, -0.15) is 0 Å². The van der Waals surface area contributed by atoms with Crippen molar-refractivity contribution < 1.29 is 0 Å². The van der Waals surface area contributed by atoms with Gasteiger partial charge in [-0.15, -0.1) is 0 Å². The highest BCUT2D eigenvalue weighted by Gasteiger charge is 2.34. The Labute approximate surface area is 113 Å². The molecule has 2 fully saturated rings. The maximum absolute atomic E-state index is 2.75. The summed E-state index contributed by atoms with van der Waals surface area (Å²) in [4.78, 5) is 7.80. The number of piperazine rings is 1. The van der Waals surface area contributed by atoms with Gasteiger partial charge in [0.2, 0.25) is 0 Å². The minimum absolute atomic E-state index is 0.359. The van der Waals surface area contributed by atoms with Crippen LogP contribution < -0.4 is 0 Å². The number of piperidine rings is 1. The van der Waals surface area contributed by atoms with Crippen molar-refractivity contribution in [1.82, 2.24) is 14.7 Å². The van der Waals surface area contributed by atoms with Crippen molar-refractivity contribution in [2.45, 2.75) is 39.2 Å². The average molecular weight is 253 g/mol. The van der Waals surface area contributed by atoms with Crippen LogP contribution in [0, 0.1) is 5.92 Å². The molecule has 0 unspecified atom stereocenters. The van der Waals surface area contributed by atoms with Crippen LogP contribution in [0.15, 0.2) is 0 Å². The van der Waals surface area contributed by atoms with Crippen LogP contribution in [-0.4, -0.2) is 73.1 Å². The summed E-state index contributed by atoms with van der Waals surface area (Å²) in [5, 5.41) is 0. The van der Waals surface area contributed by atoms with E-state index in [0.29, 0.717) is 5.54 Å². The molecule has 0 saturated carbocycles. The van der Waals surface area contributed by atoms with E-state index in [1.165, 1.54) is 58.7 Å². The van der Waals surface area contributed by atoms with Crippen molar-refractivity contribution in [2.75, 3.05) is 52.9 Å². The number of hydrogen-bond donors (Lipinski definition) is 0. The molecule has 2 aliphatic heterocycles. The Morgan fingerprint density at radius 1 is 1.06 bits per heavy atom. The second-order valence-electron chi connectivity index (χ2n) is 6.87. The predicted octanol–water partition coefficient (Wildman–Crippen LogP) is 1.74. The Hall–Kier alpha value is -0.120. The number of likely N-dealkylation sites (tertiary alicyclic amines) is 1. The van der Waals surface area contributed by atoms with Gasteiger partial charge in [-0.05, 0) is 59.3 Å². The van der Waals surface area contributed by atoms with E-state index in [4.69, 9.17) is 0 Å². The molecular formula is C15H31N3. The number of nitrogens with zero attached hydrogens (tertiary/aromatic N) is 3. The third kappa shape index (κ3) is 3.46. The van der Waals surface area contributed by atoms with Gasteiger partial charge in [0.15, 0.2) is 0 Å². The van der Waals surface area contributed by atoms with Gasteiger partial charge in [-0.25, -0.2) is 0 Å². The average Bonchev–Trinajstić information content (AvgIpc) is 2.34. The summed E-state index contributed by atoms with van der Waals surface area (Å²) in [6.45, 7) is 16.0. The highest BCUT2D eigenvalue weighted by molar-refractivity contribution is 4.91. The summed E-state index contributed by atoms with van der Waals surface area (Å²) in [6, 6.07) is 0.